The van der Waals surface area contributed by atoms with Gasteiger partial charge in [-0.15, -0.1) is 0 Å². The first-order valence-electron chi connectivity index (χ1n) is 8.38. The summed E-state index contributed by atoms with van der Waals surface area (Å²) in [7, 11) is 0. The van der Waals surface area contributed by atoms with E-state index in [1.807, 2.05) is 31.4 Å². The van der Waals surface area contributed by atoms with E-state index in [2.05, 4.69) is 31.3 Å². The topological polar surface area (TPSA) is 59.3 Å². The molecule has 2 aromatic heterocycles. The second kappa shape index (κ2) is 7.53. The number of carbonyl (C=O) groups excluding carboxylic acids is 1. The Morgan fingerprint density at radius 1 is 1.27 bits per heavy atom. The number of nitrogens with one attached hydrogen (secondary N) is 1. The Morgan fingerprint density at radius 2 is 2.04 bits per heavy atom. The van der Waals surface area contributed by atoms with Crippen molar-refractivity contribution >= 4 is 27.5 Å². The van der Waals surface area contributed by atoms with Crippen molar-refractivity contribution in [3.63, 3.8) is 0 Å². The maximum absolute atomic E-state index is 13.7. The van der Waals surface area contributed by atoms with Crippen LogP contribution in [0, 0.1) is 26.6 Å². The van der Waals surface area contributed by atoms with Crippen LogP contribution in [0.5, 0.6) is 0 Å². The van der Waals surface area contributed by atoms with Crippen LogP contribution < -0.4 is 5.32 Å². The lowest BCUT2D eigenvalue weighted by Crippen LogP contribution is -2.24. The zero-order valence-electron chi connectivity index (χ0n) is 14.9. The van der Waals surface area contributed by atoms with Crippen LogP contribution in [0.15, 0.2) is 28.7 Å². The van der Waals surface area contributed by atoms with Crippen molar-refractivity contribution in [3.8, 4) is 0 Å². The molecule has 0 fully saturated rings. The summed E-state index contributed by atoms with van der Waals surface area (Å²) < 4.78 is 16.3. The first-order chi connectivity index (χ1) is 12.3. The molecular weight excluding hydrogens is 399 g/mol. The first kappa shape index (κ1) is 18.5. The molecule has 0 spiro atoms. The monoisotopic (exact) mass is 418 g/mol. The number of amides is 1. The summed E-state index contributed by atoms with van der Waals surface area (Å²) in [6, 6.07) is 6.61. The number of hydrogen-bond donors (Lipinski definition) is 1. The molecule has 5 nitrogen and oxygen atoms in total. The van der Waals surface area contributed by atoms with Crippen molar-refractivity contribution in [1.29, 1.82) is 0 Å². The van der Waals surface area contributed by atoms with Gasteiger partial charge in [-0.05, 0) is 51.0 Å². The zero-order chi connectivity index (χ0) is 18.8. The Hall–Kier alpha value is -2.28. The van der Waals surface area contributed by atoms with Gasteiger partial charge in [0.25, 0.3) is 0 Å². The molecule has 0 aliphatic carbocycles. The minimum atomic E-state index is -0.330. The summed E-state index contributed by atoms with van der Waals surface area (Å²) in [5.74, 6) is -0.455. The Bertz CT molecular complexity index is 983. The Morgan fingerprint density at radius 3 is 2.81 bits per heavy atom. The normalized spacial score (nSPS) is 11.1. The zero-order valence-corrected chi connectivity index (χ0v) is 16.5. The first-order valence-corrected chi connectivity index (χ1v) is 9.17. The number of hydrogen-bond acceptors (Lipinski definition) is 3. The van der Waals surface area contributed by atoms with E-state index in [4.69, 9.17) is 0 Å². The van der Waals surface area contributed by atoms with Crippen molar-refractivity contribution < 1.29 is 9.18 Å². The van der Waals surface area contributed by atoms with Crippen LogP contribution in [0.2, 0.25) is 0 Å². The smallest absolute Gasteiger partial charge is 0.220 e. The number of benzene rings is 1. The van der Waals surface area contributed by atoms with Crippen LogP contribution in [0.4, 0.5) is 4.39 Å². The number of rotatable bonds is 5. The SMILES string of the molecule is Cc1cc2nc(C)c(CCC(=O)NCc3cc(Br)ccc3F)c(C)n2n1. The lowest BCUT2D eigenvalue weighted by Gasteiger charge is -2.11. The van der Waals surface area contributed by atoms with Crippen molar-refractivity contribution in [3.05, 3.63) is 62.8 Å². The molecule has 1 N–H and O–H groups in total. The van der Waals surface area contributed by atoms with Gasteiger partial charge in [0.2, 0.25) is 5.91 Å². The summed E-state index contributed by atoms with van der Waals surface area (Å²) in [5.41, 5.74) is 5.09. The fourth-order valence-electron chi connectivity index (χ4n) is 3.00. The van der Waals surface area contributed by atoms with Gasteiger partial charge < -0.3 is 5.32 Å². The molecule has 136 valence electrons. The van der Waals surface area contributed by atoms with Gasteiger partial charge in [-0.1, -0.05) is 15.9 Å². The van der Waals surface area contributed by atoms with E-state index in [1.165, 1.54) is 6.07 Å². The molecule has 1 amide bonds. The van der Waals surface area contributed by atoms with Gasteiger partial charge in [0, 0.05) is 40.5 Å². The van der Waals surface area contributed by atoms with E-state index < -0.39 is 0 Å². The van der Waals surface area contributed by atoms with Gasteiger partial charge in [-0.2, -0.15) is 5.10 Å². The van der Waals surface area contributed by atoms with Gasteiger partial charge in [-0.25, -0.2) is 13.9 Å². The molecular formula is C19H20BrFN4O. The molecule has 0 radical (unpaired) electrons. The third kappa shape index (κ3) is 3.93. The second-order valence-corrected chi connectivity index (χ2v) is 7.25. The van der Waals surface area contributed by atoms with Crippen LogP contribution in [-0.2, 0) is 17.8 Å². The molecule has 0 aliphatic rings. The molecule has 0 atom stereocenters. The van der Waals surface area contributed by atoms with Crippen LogP contribution in [-0.4, -0.2) is 20.5 Å². The molecule has 2 heterocycles. The highest BCUT2D eigenvalue weighted by molar-refractivity contribution is 9.10. The lowest BCUT2D eigenvalue weighted by molar-refractivity contribution is -0.121. The van der Waals surface area contributed by atoms with Crippen molar-refractivity contribution in [1.82, 2.24) is 19.9 Å². The van der Waals surface area contributed by atoms with Crippen LogP contribution >= 0.6 is 15.9 Å². The maximum Gasteiger partial charge on any atom is 0.220 e. The lowest BCUT2D eigenvalue weighted by atomic mass is 10.1. The number of aryl methyl sites for hydroxylation is 3. The Labute approximate surface area is 159 Å². The number of halogens is 2. The van der Waals surface area contributed by atoms with Crippen LogP contribution in [0.3, 0.4) is 0 Å². The van der Waals surface area contributed by atoms with E-state index >= 15 is 0 Å². The minimum absolute atomic E-state index is 0.125. The molecule has 26 heavy (non-hydrogen) atoms. The maximum atomic E-state index is 13.7. The van der Waals surface area contributed by atoms with E-state index in [9.17, 15) is 9.18 Å². The van der Waals surface area contributed by atoms with E-state index in [0.29, 0.717) is 18.4 Å². The largest absolute Gasteiger partial charge is 0.352 e. The van der Waals surface area contributed by atoms with Gasteiger partial charge >= 0.3 is 0 Å². The molecule has 3 aromatic rings. The molecule has 0 unspecified atom stereocenters. The van der Waals surface area contributed by atoms with Gasteiger partial charge in [-0.3, -0.25) is 4.79 Å². The van der Waals surface area contributed by atoms with Crippen molar-refractivity contribution in [2.24, 2.45) is 0 Å². The van der Waals surface area contributed by atoms with Crippen LogP contribution in [0.1, 0.15) is 34.6 Å². The predicted octanol–water partition coefficient (Wildman–Crippen LogP) is 3.81. The standard InChI is InChI=1S/C19H20BrFN4O/c1-11-8-18-23-12(2)16(13(3)25(18)24-11)5-7-19(26)22-10-14-9-15(20)4-6-17(14)21/h4,6,8-9H,5,7,10H2,1-3H3,(H,22,26). The number of carbonyl (C=O) groups is 1. The molecule has 3 rings (SSSR count). The Kier molecular flexibility index (Phi) is 5.36. The highest BCUT2D eigenvalue weighted by Gasteiger charge is 2.13. The van der Waals surface area contributed by atoms with Gasteiger partial charge in [0.1, 0.15) is 5.82 Å². The molecule has 1 aromatic carbocycles. The fourth-order valence-corrected chi connectivity index (χ4v) is 3.41. The third-order valence-corrected chi connectivity index (χ3v) is 4.87. The average molecular weight is 419 g/mol. The highest BCUT2D eigenvalue weighted by atomic mass is 79.9. The molecule has 0 saturated carbocycles. The van der Waals surface area contributed by atoms with Crippen LogP contribution in [0.25, 0.3) is 5.65 Å². The summed E-state index contributed by atoms with van der Waals surface area (Å²) >= 11 is 3.31. The highest BCUT2D eigenvalue weighted by Crippen LogP contribution is 2.18. The van der Waals surface area contributed by atoms with Crippen molar-refractivity contribution in [2.75, 3.05) is 0 Å². The fraction of sp³-hybridized carbons (Fsp3) is 0.316. The molecule has 7 heteroatoms. The summed E-state index contributed by atoms with van der Waals surface area (Å²) in [6.07, 6.45) is 0.872. The van der Waals surface area contributed by atoms with Gasteiger partial charge in [0.05, 0.1) is 5.69 Å². The number of aromatic nitrogens is 3. The summed E-state index contributed by atoms with van der Waals surface area (Å²) in [4.78, 5) is 16.8. The Balaban J connectivity index is 1.66. The minimum Gasteiger partial charge on any atom is -0.352 e. The third-order valence-electron chi connectivity index (χ3n) is 4.37. The van der Waals surface area contributed by atoms with E-state index in [1.54, 1.807) is 12.1 Å². The molecule has 0 aliphatic heterocycles. The summed E-state index contributed by atoms with van der Waals surface area (Å²) in [5, 5.41) is 7.22. The quantitative estimate of drug-likeness (QED) is 0.685. The van der Waals surface area contributed by atoms with E-state index in [0.717, 1.165) is 32.8 Å². The van der Waals surface area contributed by atoms with E-state index in [-0.39, 0.29) is 18.3 Å². The van der Waals surface area contributed by atoms with Crippen molar-refractivity contribution in [2.45, 2.75) is 40.2 Å². The number of nitrogens with zero attached hydrogens (tertiary/aromatic N) is 3. The molecule has 0 bridgehead atoms. The van der Waals surface area contributed by atoms with Gasteiger partial charge in [0.15, 0.2) is 5.65 Å². The second-order valence-electron chi connectivity index (χ2n) is 6.33. The summed E-state index contributed by atoms with van der Waals surface area (Å²) in [6.45, 7) is 6.02. The predicted molar refractivity (Wildman–Crippen MR) is 101 cm³/mol. The average Bonchev–Trinajstić information content (AvgIpc) is 2.96. The molecule has 0 saturated heterocycles. The number of fused-ring (bicyclic) bond motifs is 1.